The van der Waals surface area contributed by atoms with Crippen molar-refractivity contribution in [3.05, 3.63) is 59.4 Å². The lowest BCUT2D eigenvalue weighted by atomic mass is 10.1. The number of nitrogens with zero attached hydrogens (tertiary/aromatic N) is 3. The lowest BCUT2D eigenvalue weighted by Crippen LogP contribution is -2.19. The van der Waals surface area contributed by atoms with Crippen LogP contribution in [0.15, 0.2) is 42.5 Å². The van der Waals surface area contributed by atoms with E-state index >= 15 is 0 Å². The molecule has 1 aliphatic rings. The van der Waals surface area contributed by atoms with Crippen molar-refractivity contribution in [2.75, 3.05) is 20.2 Å². The number of hydrogen-bond acceptors (Lipinski definition) is 3. The summed E-state index contributed by atoms with van der Waals surface area (Å²) < 4.78 is 8.21. The monoisotopic (exact) mass is 363 g/mol. The van der Waals surface area contributed by atoms with E-state index in [1.807, 2.05) is 31.3 Å². The van der Waals surface area contributed by atoms with Gasteiger partial charge in [0.1, 0.15) is 18.2 Å². The Labute approximate surface area is 159 Å². The third kappa shape index (κ3) is 3.42. The van der Waals surface area contributed by atoms with Crippen LogP contribution in [-0.2, 0) is 11.3 Å². The fourth-order valence-corrected chi connectivity index (χ4v) is 3.74. The first-order valence-corrected chi connectivity index (χ1v) is 9.42. The molecule has 1 atom stereocenters. The molecule has 0 N–H and O–H groups in total. The molecule has 0 bridgehead atoms. The maximum atomic E-state index is 12.0. The number of likely N-dealkylation sites (tertiary alicyclic amines) is 1. The van der Waals surface area contributed by atoms with E-state index in [0.717, 1.165) is 29.2 Å². The number of hydrogen-bond donors (Lipinski definition) is 0. The Kier molecular flexibility index (Phi) is 4.60. The van der Waals surface area contributed by atoms with Crippen LogP contribution in [0.5, 0.6) is 5.75 Å². The highest BCUT2D eigenvalue weighted by Crippen LogP contribution is 2.29. The fraction of sp³-hybridized carbons (Fsp3) is 0.364. The molecule has 1 amide bonds. The number of rotatable bonds is 5. The molecule has 4 rings (SSSR count). The Morgan fingerprint density at radius 2 is 1.96 bits per heavy atom. The molecule has 2 aromatic carbocycles. The van der Waals surface area contributed by atoms with Gasteiger partial charge in [0.25, 0.3) is 0 Å². The smallest absolute Gasteiger partial charge is 0.223 e. The number of benzene rings is 2. The Bertz CT molecular complexity index is 992. The van der Waals surface area contributed by atoms with Crippen LogP contribution in [0.2, 0.25) is 0 Å². The van der Waals surface area contributed by atoms with Crippen LogP contribution in [0, 0.1) is 13.8 Å². The molecule has 1 saturated heterocycles. The summed E-state index contributed by atoms with van der Waals surface area (Å²) in [6.45, 7) is 6.18. The first kappa shape index (κ1) is 17.6. The Hall–Kier alpha value is -2.82. The van der Waals surface area contributed by atoms with Gasteiger partial charge in [-0.05, 0) is 49.2 Å². The molecular weight excluding hydrogens is 338 g/mol. The highest BCUT2D eigenvalue weighted by atomic mass is 16.5. The Morgan fingerprint density at radius 3 is 2.70 bits per heavy atom. The Morgan fingerprint density at radius 1 is 1.15 bits per heavy atom. The summed E-state index contributed by atoms with van der Waals surface area (Å²) in [5.74, 6) is 2.19. The van der Waals surface area contributed by atoms with E-state index < -0.39 is 0 Å². The van der Waals surface area contributed by atoms with E-state index in [1.54, 1.807) is 4.90 Å². The fourth-order valence-electron chi connectivity index (χ4n) is 3.74. The first-order valence-electron chi connectivity index (χ1n) is 9.42. The average Bonchev–Trinajstić information content (AvgIpc) is 3.18. The summed E-state index contributed by atoms with van der Waals surface area (Å²) in [5, 5.41) is 0. The van der Waals surface area contributed by atoms with Crippen molar-refractivity contribution in [3.63, 3.8) is 0 Å². The van der Waals surface area contributed by atoms with E-state index in [-0.39, 0.29) is 11.8 Å². The number of likely N-dealkylation sites (N-methyl/N-ethyl adjacent to an activating group) is 1. The minimum Gasteiger partial charge on any atom is -0.492 e. The molecule has 5 heteroatoms. The summed E-state index contributed by atoms with van der Waals surface area (Å²) >= 11 is 0. The van der Waals surface area contributed by atoms with Crippen LogP contribution in [0.4, 0.5) is 0 Å². The molecule has 3 aromatic rings. The molecule has 1 aromatic heterocycles. The quantitative estimate of drug-likeness (QED) is 0.695. The van der Waals surface area contributed by atoms with Crippen molar-refractivity contribution in [1.29, 1.82) is 0 Å². The van der Waals surface area contributed by atoms with Crippen LogP contribution >= 0.6 is 0 Å². The molecule has 1 unspecified atom stereocenters. The number of aromatic nitrogens is 2. The van der Waals surface area contributed by atoms with E-state index in [0.29, 0.717) is 19.6 Å². The molecule has 0 aliphatic carbocycles. The molecular formula is C22H25N3O2. The molecule has 1 fully saturated rings. The van der Waals surface area contributed by atoms with E-state index in [9.17, 15) is 4.79 Å². The highest BCUT2D eigenvalue weighted by molar-refractivity contribution is 5.80. The van der Waals surface area contributed by atoms with Crippen LogP contribution in [0.25, 0.3) is 11.0 Å². The van der Waals surface area contributed by atoms with Gasteiger partial charge in [0.15, 0.2) is 0 Å². The second-order valence-electron chi connectivity index (χ2n) is 7.38. The third-order valence-electron chi connectivity index (χ3n) is 5.45. The maximum Gasteiger partial charge on any atom is 0.223 e. The number of carbonyl (C=O) groups is 1. The van der Waals surface area contributed by atoms with Gasteiger partial charge in [-0.1, -0.05) is 18.2 Å². The number of imidazole rings is 1. The number of aryl methyl sites for hydroxylation is 2. The summed E-state index contributed by atoms with van der Waals surface area (Å²) in [6.07, 6.45) is 0.526. The van der Waals surface area contributed by atoms with Crippen molar-refractivity contribution >= 4 is 16.9 Å². The molecule has 2 heterocycles. The highest BCUT2D eigenvalue weighted by Gasteiger charge is 2.31. The summed E-state index contributed by atoms with van der Waals surface area (Å²) in [5.41, 5.74) is 4.56. The van der Waals surface area contributed by atoms with Crippen molar-refractivity contribution in [1.82, 2.24) is 14.5 Å². The van der Waals surface area contributed by atoms with Gasteiger partial charge in [-0.3, -0.25) is 4.79 Å². The minimum absolute atomic E-state index is 0.136. The molecule has 0 radical (unpaired) electrons. The Balaban J connectivity index is 1.57. The normalized spacial score (nSPS) is 17.1. The second-order valence-corrected chi connectivity index (χ2v) is 7.38. The van der Waals surface area contributed by atoms with Gasteiger partial charge < -0.3 is 14.2 Å². The van der Waals surface area contributed by atoms with E-state index in [4.69, 9.17) is 9.72 Å². The van der Waals surface area contributed by atoms with Crippen LogP contribution < -0.4 is 4.74 Å². The molecule has 0 spiro atoms. The SMILES string of the molecule is Cc1ccc(OCCn2c(C3CC(=O)N(C)C3)nc3ccccc32)cc1C. The summed E-state index contributed by atoms with van der Waals surface area (Å²) in [7, 11) is 1.86. The summed E-state index contributed by atoms with van der Waals surface area (Å²) in [4.78, 5) is 18.6. The van der Waals surface area contributed by atoms with Crippen LogP contribution in [-0.4, -0.2) is 40.6 Å². The molecule has 5 nitrogen and oxygen atoms in total. The number of carbonyl (C=O) groups excluding carboxylic acids is 1. The van der Waals surface area contributed by atoms with Crippen molar-refractivity contribution in [2.24, 2.45) is 0 Å². The number of amides is 1. The lowest BCUT2D eigenvalue weighted by Gasteiger charge is -2.15. The van der Waals surface area contributed by atoms with Gasteiger partial charge in [0.2, 0.25) is 5.91 Å². The maximum absolute atomic E-state index is 12.0. The lowest BCUT2D eigenvalue weighted by molar-refractivity contribution is -0.126. The van der Waals surface area contributed by atoms with Gasteiger partial charge in [-0.15, -0.1) is 0 Å². The topological polar surface area (TPSA) is 47.4 Å². The average molecular weight is 363 g/mol. The first-order chi connectivity index (χ1) is 13.0. The van der Waals surface area contributed by atoms with Crippen molar-refractivity contribution in [3.8, 4) is 5.75 Å². The van der Waals surface area contributed by atoms with Crippen LogP contribution in [0.3, 0.4) is 0 Å². The molecule has 27 heavy (non-hydrogen) atoms. The number of fused-ring (bicyclic) bond motifs is 1. The number of ether oxygens (including phenoxy) is 1. The number of para-hydroxylation sites is 2. The predicted molar refractivity (Wildman–Crippen MR) is 106 cm³/mol. The van der Waals surface area contributed by atoms with Crippen molar-refractivity contribution in [2.45, 2.75) is 32.7 Å². The summed E-state index contributed by atoms with van der Waals surface area (Å²) in [6, 6.07) is 14.3. The predicted octanol–water partition coefficient (Wildman–Crippen LogP) is 3.68. The standard InChI is InChI=1S/C22H25N3O2/c1-15-8-9-18(12-16(15)2)27-11-10-25-20-7-5-4-6-19(20)23-22(25)17-13-21(26)24(3)14-17/h4-9,12,17H,10-11,13-14H2,1-3H3. The third-order valence-corrected chi connectivity index (χ3v) is 5.45. The molecule has 0 saturated carbocycles. The van der Waals surface area contributed by atoms with Gasteiger partial charge in [0, 0.05) is 25.9 Å². The minimum atomic E-state index is 0.136. The van der Waals surface area contributed by atoms with E-state index in [2.05, 4.69) is 36.6 Å². The molecule has 140 valence electrons. The van der Waals surface area contributed by atoms with Gasteiger partial charge in [0.05, 0.1) is 17.6 Å². The second kappa shape index (κ2) is 7.06. The molecule has 1 aliphatic heterocycles. The zero-order chi connectivity index (χ0) is 19.0. The van der Waals surface area contributed by atoms with Gasteiger partial charge in [-0.2, -0.15) is 0 Å². The largest absolute Gasteiger partial charge is 0.492 e. The van der Waals surface area contributed by atoms with Gasteiger partial charge in [-0.25, -0.2) is 4.98 Å². The van der Waals surface area contributed by atoms with Crippen LogP contribution in [0.1, 0.15) is 29.3 Å². The van der Waals surface area contributed by atoms with Crippen molar-refractivity contribution < 1.29 is 9.53 Å². The van der Waals surface area contributed by atoms with Gasteiger partial charge >= 0.3 is 0 Å². The van der Waals surface area contributed by atoms with E-state index in [1.165, 1.54) is 11.1 Å². The zero-order valence-electron chi connectivity index (χ0n) is 16.1. The zero-order valence-corrected chi connectivity index (χ0v) is 16.1.